The molecule has 0 heterocycles. The SMILES string of the molecule is CCC[C@@H](C)[C@H]1CC[C@H]2C3=CC[C@@H]4CCCC[C@]4(C)[C@H]3CC(=O)[C@]12C. The van der Waals surface area contributed by atoms with Crippen molar-refractivity contribution in [3.63, 3.8) is 0 Å². The van der Waals surface area contributed by atoms with Crippen LogP contribution in [0.4, 0.5) is 0 Å². The maximum absolute atomic E-state index is 13.6. The predicted octanol–water partition coefficient (Wildman–Crippen LogP) is 6.57. The Morgan fingerprint density at radius 1 is 1.16 bits per heavy atom. The predicted molar refractivity (Wildman–Crippen MR) is 104 cm³/mol. The van der Waals surface area contributed by atoms with Gasteiger partial charge in [-0.15, -0.1) is 0 Å². The van der Waals surface area contributed by atoms with E-state index in [1.165, 1.54) is 57.8 Å². The molecule has 3 saturated carbocycles. The van der Waals surface area contributed by atoms with Crippen molar-refractivity contribution in [1.82, 2.24) is 0 Å². The molecule has 4 aliphatic carbocycles. The summed E-state index contributed by atoms with van der Waals surface area (Å²) in [5.41, 5.74) is 2.08. The highest BCUT2D eigenvalue weighted by Gasteiger charge is 2.61. The Morgan fingerprint density at radius 2 is 1.96 bits per heavy atom. The standard InChI is InChI=1S/C24H38O/c1-5-8-16(2)19-12-13-20-18-11-10-17-9-6-7-14-23(17,3)21(18)15-22(25)24(19,20)4/h11,16-17,19-21H,5-10,12-15H2,1-4H3/t16-,17+,19-,20+,21+,23+,24-/m1/s1. The molecule has 0 aromatic carbocycles. The van der Waals surface area contributed by atoms with Crippen LogP contribution in [-0.2, 0) is 4.79 Å². The van der Waals surface area contributed by atoms with Crippen LogP contribution >= 0.6 is 0 Å². The molecule has 1 nitrogen and oxygen atoms in total. The van der Waals surface area contributed by atoms with E-state index in [0.717, 1.165) is 12.3 Å². The van der Waals surface area contributed by atoms with E-state index < -0.39 is 0 Å². The first-order valence-electron chi connectivity index (χ1n) is 11.2. The Balaban J connectivity index is 1.68. The van der Waals surface area contributed by atoms with E-state index in [0.29, 0.717) is 34.9 Å². The summed E-state index contributed by atoms with van der Waals surface area (Å²) < 4.78 is 0. The molecule has 0 spiro atoms. The lowest BCUT2D eigenvalue weighted by atomic mass is 9.47. The fourth-order valence-electron chi connectivity index (χ4n) is 7.87. The first-order valence-corrected chi connectivity index (χ1v) is 11.2. The molecule has 25 heavy (non-hydrogen) atoms. The molecule has 4 rings (SSSR count). The van der Waals surface area contributed by atoms with Crippen molar-refractivity contribution < 1.29 is 4.79 Å². The molecule has 140 valence electrons. The largest absolute Gasteiger partial charge is 0.299 e. The number of allylic oxidation sites excluding steroid dienone is 2. The minimum absolute atomic E-state index is 0.0607. The molecule has 0 N–H and O–H groups in total. The minimum atomic E-state index is -0.0607. The van der Waals surface area contributed by atoms with Crippen LogP contribution in [-0.4, -0.2) is 5.78 Å². The highest BCUT2D eigenvalue weighted by molar-refractivity contribution is 5.88. The monoisotopic (exact) mass is 342 g/mol. The normalized spacial score (nSPS) is 47.5. The Labute approximate surface area is 155 Å². The van der Waals surface area contributed by atoms with Crippen LogP contribution in [0.3, 0.4) is 0 Å². The molecule has 0 amide bonds. The third kappa shape index (κ3) is 2.43. The Hall–Kier alpha value is -0.590. The van der Waals surface area contributed by atoms with Gasteiger partial charge in [-0.25, -0.2) is 0 Å². The molecule has 0 unspecified atom stereocenters. The van der Waals surface area contributed by atoms with Crippen molar-refractivity contribution in [2.45, 2.75) is 91.9 Å². The Bertz CT molecular complexity index is 575. The second-order valence-corrected chi connectivity index (χ2v) is 10.4. The van der Waals surface area contributed by atoms with Gasteiger partial charge in [0.05, 0.1) is 0 Å². The second-order valence-electron chi connectivity index (χ2n) is 10.4. The molecular weight excluding hydrogens is 304 g/mol. The molecule has 0 radical (unpaired) electrons. The lowest BCUT2D eigenvalue weighted by molar-refractivity contribution is -0.139. The van der Waals surface area contributed by atoms with Gasteiger partial charge in [0.2, 0.25) is 0 Å². The first-order chi connectivity index (χ1) is 11.9. The summed E-state index contributed by atoms with van der Waals surface area (Å²) >= 11 is 0. The van der Waals surface area contributed by atoms with E-state index in [1.807, 2.05) is 0 Å². The van der Waals surface area contributed by atoms with Crippen molar-refractivity contribution in [2.24, 2.45) is 40.4 Å². The molecular formula is C24H38O. The van der Waals surface area contributed by atoms with E-state index in [4.69, 9.17) is 0 Å². The maximum Gasteiger partial charge on any atom is 0.140 e. The van der Waals surface area contributed by atoms with Crippen LogP contribution in [0, 0.1) is 40.4 Å². The molecule has 3 fully saturated rings. The van der Waals surface area contributed by atoms with E-state index >= 15 is 0 Å². The highest BCUT2D eigenvalue weighted by atomic mass is 16.1. The molecule has 7 atom stereocenters. The van der Waals surface area contributed by atoms with E-state index in [-0.39, 0.29) is 5.41 Å². The summed E-state index contributed by atoms with van der Waals surface area (Å²) in [6.07, 6.45) is 15.4. The zero-order chi connectivity index (χ0) is 17.8. The third-order valence-corrected chi connectivity index (χ3v) is 9.37. The fourth-order valence-corrected chi connectivity index (χ4v) is 7.87. The number of rotatable bonds is 3. The quantitative estimate of drug-likeness (QED) is 0.530. The average Bonchev–Trinajstić information content (AvgIpc) is 2.94. The number of fused-ring (bicyclic) bond motifs is 5. The first kappa shape index (κ1) is 17.8. The van der Waals surface area contributed by atoms with E-state index in [1.54, 1.807) is 5.57 Å². The van der Waals surface area contributed by atoms with Gasteiger partial charge in [-0.05, 0) is 67.1 Å². The van der Waals surface area contributed by atoms with Crippen molar-refractivity contribution in [2.75, 3.05) is 0 Å². The van der Waals surface area contributed by atoms with Gasteiger partial charge in [-0.1, -0.05) is 65.0 Å². The summed E-state index contributed by atoms with van der Waals surface area (Å²) in [7, 11) is 0. The van der Waals surface area contributed by atoms with Crippen LogP contribution in [0.15, 0.2) is 11.6 Å². The van der Waals surface area contributed by atoms with Gasteiger partial charge in [0.25, 0.3) is 0 Å². The summed E-state index contributed by atoms with van der Waals surface area (Å²) in [6.45, 7) is 9.60. The Morgan fingerprint density at radius 3 is 2.72 bits per heavy atom. The summed E-state index contributed by atoms with van der Waals surface area (Å²) in [4.78, 5) is 13.6. The van der Waals surface area contributed by atoms with Crippen molar-refractivity contribution >= 4 is 5.78 Å². The van der Waals surface area contributed by atoms with E-state index in [9.17, 15) is 4.79 Å². The van der Waals surface area contributed by atoms with Crippen LogP contribution < -0.4 is 0 Å². The molecule has 4 aliphatic rings. The van der Waals surface area contributed by atoms with E-state index in [2.05, 4.69) is 33.8 Å². The molecule has 1 heteroatoms. The molecule has 0 aromatic heterocycles. The van der Waals surface area contributed by atoms with Crippen LogP contribution in [0.1, 0.15) is 91.9 Å². The van der Waals surface area contributed by atoms with Gasteiger partial charge in [0, 0.05) is 11.8 Å². The summed E-state index contributed by atoms with van der Waals surface area (Å²) in [5, 5.41) is 0. The van der Waals surface area contributed by atoms with Crippen molar-refractivity contribution in [1.29, 1.82) is 0 Å². The zero-order valence-corrected chi connectivity index (χ0v) is 16.9. The van der Waals surface area contributed by atoms with Crippen molar-refractivity contribution in [3.05, 3.63) is 11.6 Å². The number of Topliss-reactive ketones (excluding diaryl/α,β-unsaturated/α-hetero) is 1. The number of hydrogen-bond acceptors (Lipinski definition) is 1. The smallest absolute Gasteiger partial charge is 0.140 e. The lowest BCUT2D eigenvalue weighted by Gasteiger charge is -2.56. The third-order valence-electron chi connectivity index (χ3n) is 9.37. The van der Waals surface area contributed by atoms with Gasteiger partial charge in [-0.3, -0.25) is 4.79 Å². The lowest BCUT2D eigenvalue weighted by Crippen LogP contribution is -2.52. The second kappa shape index (κ2) is 6.24. The fraction of sp³-hybridized carbons (Fsp3) is 0.875. The highest BCUT2D eigenvalue weighted by Crippen LogP contribution is 2.65. The number of carbonyl (C=O) groups is 1. The maximum atomic E-state index is 13.6. The van der Waals surface area contributed by atoms with Gasteiger partial charge >= 0.3 is 0 Å². The van der Waals surface area contributed by atoms with Crippen LogP contribution in [0.2, 0.25) is 0 Å². The summed E-state index contributed by atoms with van der Waals surface area (Å²) in [6, 6.07) is 0. The molecule has 0 saturated heterocycles. The van der Waals surface area contributed by atoms with Crippen molar-refractivity contribution in [3.8, 4) is 0 Å². The van der Waals surface area contributed by atoms with Crippen LogP contribution in [0.25, 0.3) is 0 Å². The molecule has 0 aliphatic heterocycles. The topological polar surface area (TPSA) is 17.1 Å². The molecule has 0 bridgehead atoms. The van der Waals surface area contributed by atoms with Gasteiger partial charge in [0.1, 0.15) is 5.78 Å². The number of ketones is 1. The van der Waals surface area contributed by atoms with Gasteiger partial charge in [0.15, 0.2) is 0 Å². The molecule has 0 aromatic rings. The summed E-state index contributed by atoms with van der Waals surface area (Å²) in [5.74, 6) is 3.90. The zero-order valence-electron chi connectivity index (χ0n) is 16.9. The average molecular weight is 343 g/mol. The van der Waals surface area contributed by atoms with Crippen LogP contribution in [0.5, 0.6) is 0 Å². The minimum Gasteiger partial charge on any atom is -0.299 e. The Kier molecular flexibility index (Phi) is 4.44. The van der Waals surface area contributed by atoms with Gasteiger partial charge < -0.3 is 0 Å². The number of carbonyl (C=O) groups excluding carboxylic acids is 1. The number of hydrogen-bond donors (Lipinski definition) is 0. The van der Waals surface area contributed by atoms with Gasteiger partial charge in [-0.2, -0.15) is 0 Å².